The maximum atomic E-state index is 11.3. The van der Waals surface area contributed by atoms with Gasteiger partial charge in [-0.1, -0.05) is 18.2 Å². The predicted octanol–water partition coefficient (Wildman–Crippen LogP) is 2.08. The Balaban J connectivity index is 1.98. The van der Waals surface area contributed by atoms with Crippen LogP contribution in [0.25, 0.3) is 0 Å². The van der Waals surface area contributed by atoms with Crippen LogP contribution in [-0.4, -0.2) is 30.0 Å². The minimum Gasteiger partial charge on any atom is -0.465 e. The third-order valence-electron chi connectivity index (χ3n) is 3.17. The number of carbonyl (C=O) groups is 1. The minimum absolute atomic E-state index is 0.375. The molecule has 0 aliphatic carbocycles. The molecule has 1 aromatic carbocycles. The molecule has 2 rings (SSSR count). The number of esters is 1. The van der Waals surface area contributed by atoms with Gasteiger partial charge < -0.3 is 10.5 Å². The summed E-state index contributed by atoms with van der Waals surface area (Å²) in [6, 6.07) is 11.4. The van der Waals surface area contributed by atoms with Crippen molar-refractivity contribution in [3.8, 4) is 0 Å². The first-order valence-corrected chi connectivity index (χ1v) is 6.65. The molecule has 5 nitrogen and oxygen atoms in total. The quantitative estimate of drug-likeness (QED) is 0.673. The fraction of sp³-hybridized carbons (Fsp3) is 0.250. The van der Waals surface area contributed by atoms with E-state index in [0.717, 1.165) is 23.5 Å². The topological polar surface area (TPSA) is 68.5 Å². The molecule has 110 valence electrons. The Morgan fingerprint density at radius 3 is 2.62 bits per heavy atom. The van der Waals surface area contributed by atoms with Gasteiger partial charge in [0.1, 0.15) is 0 Å². The molecular formula is C16H19N3O2. The number of nitrogens with zero attached hydrogens (tertiary/aromatic N) is 2. The molecule has 0 saturated heterocycles. The van der Waals surface area contributed by atoms with Gasteiger partial charge in [0.15, 0.2) is 0 Å². The molecule has 0 saturated carbocycles. The number of anilines is 1. The van der Waals surface area contributed by atoms with Crippen LogP contribution < -0.4 is 5.73 Å². The highest BCUT2D eigenvalue weighted by molar-refractivity contribution is 5.88. The number of ether oxygens (including phenoxy) is 1. The van der Waals surface area contributed by atoms with Crippen LogP contribution in [0, 0.1) is 0 Å². The van der Waals surface area contributed by atoms with E-state index in [-0.39, 0.29) is 5.97 Å². The average Bonchev–Trinajstić information content (AvgIpc) is 2.49. The van der Waals surface area contributed by atoms with Crippen molar-refractivity contribution in [2.75, 3.05) is 19.9 Å². The van der Waals surface area contributed by atoms with E-state index >= 15 is 0 Å². The summed E-state index contributed by atoms with van der Waals surface area (Å²) in [7, 11) is 3.36. The number of para-hydroxylation sites is 1. The summed E-state index contributed by atoms with van der Waals surface area (Å²) in [6.07, 6.45) is 1.53. The molecule has 0 aliphatic heterocycles. The number of hydrogen-bond donors (Lipinski definition) is 1. The molecule has 0 bridgehead atoms. The van der Waals surface area contributed by atoms with Crippen molar-refractivity contribution in [1.82, 2.24) is 9.88 Å². The second-order valence-electron chi connectivity index (χ2n) is 4.90. The molecule has 2 aromatic rings. The van der Waals surface area contributed by atoms with E-state index in [1.807, 2.05) is 37.4 Å². The zero-order chi connectivity index (χ0) is 15.2. The first-order chi connectivity index (χ1) is 10.1. The molecule has 1 heterocycles. The standard InChI is InChI=1S/C16H19N3O2/c1-19(10-13-5-3-4-6-15(13)17)11-14-8-7-12(9-18-14)16(20)21-2/h3-9H,10-11,17H2,1-2H3. The summed E-state index contributed by atoms with van der Waals surface area (Å²) in [5, 5.41) is 0. The predicted molar refractivity (Wildman–Crippen MR) is 81.6 cm³/mol. The summed E-state index contributed by atoms with van der Waals surface area (Å²) in [5.41, 5.74) is 9.16. The van der Waals surface area contributed by atoms with Gasteiger partial charge in [0.25, 0.3) is 0 Å². The third-order valence-corrected chi connectivity index (χ3v) is 3.17. The summed E-state index contributed by atoms with van der Waals surface area (Å²) >= 11 is 0. The number of nitrogen functional groups attached to an aromatic ring is 1. The van der Waals surface area contributed by atoms with E-state index in [2.05, 4.69) is 14.6 Å². The molecule has 5 heteroatoms. The molecule has 0 aliphatic rings. The lowest BCUT2D eigenvalue weighted by atomic mass is 10.1. The number of aromatic nitrogens is 1. The highest BCUT2D eigenvalue weighted by Crippen LogP contribution is 2.14. The normalized spacial score (nSPS) is 10.6. The minimum atomic E-state index is -0.375. The summed E-state index contributed by atoms with van der Waals surface area (Å²) < 4.78 is 4.65. The van der Waals surface area contributed by atoms with Crippen molar-refractivity contribution < 1.29 is 9.53 Å². The van der Waals surface area contributed by atoms with Gasteiger partial charge >= 0.3 is 5.97 Å². The van der Waals surface area contributed by atoms with Crippen molar-refractivity contribution in [2.45, 2.75) is 13.1 Å². The zero-order valence-electron chi connectivity index (χ0n) is 12.2. The summed E-state index contributed by atoms with van der Waals surface area (Å²) in [5.74, 6) is -0.375. The highest BCUT2D eigenvalue weighted by Gasteiger charge is 2.08. The number of benzene rings is 1. The van der Waals surface area contributed by atoms with E-state index in [9.17, 15) is 4.79 Å². The van der Waals surface area contributed by atoms with Crippen molar-refractivity contribution in [2.24, 2.45) is 0 Å². The van der Waals surface area contributed by atoms with Gasteiger partial charge in [0, 0.05) is 25.0 Å². The maximum Gasteiger partial charge on any atom is 0.339 e. The van der Waals surface area contributed by atoms with E-state index in [1.54, 1.807) is 6.07 Å². The lowest BCUT2D eigenvalue weighted by Crippen LogP contribution is -2.19. The molecule has 0 spiro atoms. The number of methoxy groups -OCH3 is 1. The summed E-state index contributed by atoms with van der Waals surface area (Å²) in [6.45, 7) is 1.42. The van der Waals surface area contributed by atoms with Crippen molar-refractivity contribution in [3.63, 3.8) is 0 Å². The van der Waals surface area contributed by atoms with Crippen LogP contribution in [0.5, 0.6) is 0 Å². The van der Waals surface area contributed by atoms with Gasteiger partial charge in [0.2, 0.25) is 0 Å². The van der Waals surface area contributed by atoms with Gasteiger partial charge in [-0.25, -0.2) is 4.79 Å². The molecule has 2 N–H and O–H groups in total. The molecule has 0 amide bonds. The van der Waals surface area contributed by atoms with Crippen LogP contribution in [0.3, 0.4) is 0 Å². The van der Waals surface area contributed by atoms with Gasteiger partial charge in [-0.2, -0.15) is 0 Å². The third kappa shape index (κ3) is 4.03. The molecule has 1 aromatic heterocycles. The van der Waals surface area contributed by atoms with Crippen LogP contribution >= 0.6 is 0 Å². The number of pyridine rings is 1. The van der Waals surface area contributed by atoms with E-state index in [0.29, 0.717) is 12.1 Å². The van der Waals surface area contributed by atoms with E-state index in [4.69, 9.17) is 5.73 Å². The Hall–Kier alpha value is -2.40. The molecule has 0 unspecified atom stereocenters. The first-order valence-electron chi connectivity index (χ1n) is 6.65. The van der Waals surface area contributed by atoms with Gasteiger partial charge in [0.05, 0.1) is 18.4 Å². The van der Waals surface area contributed by atoms with E-state index < -0.39 is 0 Å². The van der Waals surface area contributed by atoms with Gasteiger partial charge in [-0.15, -0.1) is 0 Å². The number of nitrogens with two attached hydrogens (primary N) is 1. The second-order valence-corrected chi connectivity index (χ2v) is 4.90. The molecular weight excluding hydrogens is 266 g/mol. The highest BCUT2D eigenvalue weighted by atomic mass is 16.5. The Bertz CT molecular complexity index is 611. The van der Waals surface area contributed by atoms with E-state index in [1.165, 1.54) is 13.3 Å². The monoisotopic (exact) mass is 285 g/mol. The van der Waals surface area contributed by atoms with Crippen molar-refractivity contribution in [1.29, 1.82) is 0 Å². The Kier molecular flexibility index (Phi) is 4.90. The fourth-order valence-electron chi connectivity index (χ4n) is 2.06. The number of carbonyl (C=O) groups excluding carboxylic acids is 1. The maximum absolute atomic E-state index is 11.3. The van der Waals surface area contributed by atoms with Crippen LogP contribution in [-0.2, 0) is 17.8 Å². The van der Waals surface area contributed by atoms with Crippen molar-refractivity contribution >= 4 is 11.7 Å². The van der Waals surface area contributed by atoms with Crippen molar-refractivity contribution in [3.05, 3.63) is 59.4 Å². The molecule has 0 fully saturated rings. The van der Waals surface area contributed by atoms with Crippen LogP contribution in [0.2, 0.25) is 0 Å². The molecule has 21 heavy (non-hydrogen) atoms. The zero-order valence-corrected chi connectivity index (χ0v) is 12.2. The lowest BCUT2D eigenvalue weighted by Gasteiger charge is -2.17. The Labute approximate surface area is 124 Å². The second kappa shape index (κ2) is 6.85. The fourth-order valence-corrected chi connectivity index (χ4v) is 2.06. The number of hydrogen-bond acceptors (Lipinski definition) is 5. The van der Waals surface area contributed by atoms with Gasteiger partial charge in [-0.3, -0.25) is 9.88 Å². The first kappa shape index (κ1) is 15.0. The SMILES string of the molecule is COC(=O)c1ccc(CN(C)Cc2ccccc2N)nc1. The van der Waals surface area contributed by atoms with Crippen LogP contribution in [0.4, 0.5) is 5.69 Å². The summed E-state index contributed by atoms with van der Waals surface area (Å²) in [4.78, 5) is 17.7. The Morgan fingerprint density at radius 2 is 2.00 bits per heavy atom. The number of rotatable bonds is 5. The van der Waals surface area contributed by atoms with Gasteiger partial charge in [-0.05, 0) is 30.8 Å². The molecule has 0 radical (unpaired) electrons. The Morgan fingerprint density at radius 1 is 1.24 bits per heavy atom. The largest absolute Gasteiger partial charge is 0.465 e. The lowest BCUT2D eigenvalue weighted by molar-refractivity contribution is 0.0600. The smallest absolute Gasteiger partial charge is 0.339 e. The van der Waals surface area contributed by atoms with Crippen LogP contribution in [0.1, 0.15) is 21.6 Å². The average molecular weight is 285 g/mol. The van der Waals surface area contributed by atoms with Crippen LogP contribution in [0.15, 0.2) is 42.6 Å². The molecule has 0 atom stereocenters.